The highest BCUT2D eigenvalue weighted by atomic mass is 16.3. The number of phenols is 1. The van der Waals surface area contributed by atoms with E-state index in [2.05, 4.69) is 0 Å². The first-order valence-electron chi connectivity index (χ1n) is 3.84. The van der Waals surface area contributed by atoms with Gasteiger partial charge in [-0.2, -0.15) is 0 Å². The molecular formula is C9H13NO2. The van der Waals surface area contributed by atoms with E-state index in [1.54, 1.807) is 25.1 Å². The molecule has 3 nitrogen and oxygen atoms in total. The molecule has 0 saturated heterocycles. The van der Waals surface area contributed by atoms with Crippen LogP contribution in [0.15, 0.2) is 24.3 Å². The van der Waals surface area contributed by atoms with Crippen molar-refractivity contribution in [3.63, 3.8) is 0 Å². The lowest BCUT2D eigenvalue weighted by atomic mass is 10.0. The van der Waals surface area contributed by atoms with Crippen molar-refractivity contribution in [3.8, 4) is 5.75 Å². The molecule has 12 heavy (non-hydrogen) atoms. The summed E-state index contributed by atoms with van der Waals surface area (Å²) in [5.74, 6) is 0.146. The molecule has 4 N–H and O–H groups in total. The molecule has 1 rings (SSSR count). The largest absolute Gasteiger partial charge is 0.508 e. The van der Waals surface area contributed by atoms with Gasteiger partial charge in [0, 0.05) is 6.04 Å². The van der Waals surface area contributed by atoms with Gasteiger partial charge in [-0.15, -0.1) is 0 Å². The molecule has 0 bridgehead atoms. The molecular weight excluding hydrogens is 154 g/mol. The quantitative estimate of drug-likeness (QED) is 0.609. The Labute approximate surface area is 71.5 Å². The van der Waals surface area contributed by atoms with Crippen molar-refractivity contribution in [3.05, 3.63) is 29.8 Å². The average Bonchev–Trinajstić information content (AvgIpc) is 2.03. The topological polar surface area (TPSA) is 66.5 Å². The highest BCUT2D eigenvalue weighted by Crippen LogP contribution is 2.19. The zero-order valence-corrected chi connectivity index (χ0v) is 6.94. The Bertz CT molecular complexity index is 260. The molecule has 0 radical (unpaired) electrons. The van der Waals surface area contributed by atoms with Crippen molar-refractivity contribution >= 4 is 0 Å². The van der Waals surface area contributed by atoms with E-state index in [0.717, 1.165) is 0 Å². The molecule has 0 spiro atoms. The summed E-state index contributed by atoms with van der Waals surface area (Å²) in [7, 11) is 0. The summed E-state index contributed by atoms with van der Waals surface area (Å²) in [6.45, 7) is 1.72. The fourth-order valence-corrected chi connectivity index (χ4v) is 1.01. The van der Waals surface area contributed by atoms with Crippen LogP contribution in [0.2, 0.25) is 0 Å². The predicted octanol–water partition coefficient (Wildman–Crippen LogP) is 0.773. The van der Waals surface area contributed by atoms with Gasteiger partial charge in [0.05, 0.1) is 6.10 Å². The second kappa shape index (κ2) is 3.56. The van der Waals surface area contributed by atoms with Crippen molar-refractivity contribution in [1.29, 1.82) is 0 Å². The third-order valence-corrected chi connectivity index (χ3v) is 1.71. The minimum absolute atomic E-state index is 0.146. The number of rotatable bonds is 2. The number of hydrogen-bond acceptors (Lipinski definition) is 3. The normalized spacial score (nSPS) is 15.6. The third kappa shape index (κ3) is 1.96. The van der Waals surface area contributed by atoms with Gasteiger partial charge in [-0.05, 0) is 24.6 Å². The highest BCUT2D eigenvalue weighted by molar-refractivity contribution is 5.29. The van der Waals surface area contributed by atoms with Crippen LogP contribution in [0.1, 0.15) is 18.6 Å². The smallest absolute Gasteiger partial charge is 0.115 e. The Balaban J connectivity index is 2.88. The highest BCUT2D eigenvalue weighted by Gasteiger charge is 2.11. The number of nitrogens with two attached hydrogens (primary N) is 1. The first-order chi connectivity index (χ1) is 5.61. The van der Waals surface area contributed by atoms with Gasteiger partial charge in [-0.1, -0.05) is 12.1 Å². The summed E-state index contributed by atoms with van der Waals surface area (Å²) in [4.78, 5) is 0. The van der Waals surface area contributed by atoms with Crippen LogP contribution in [-0.2, 0) is 0 Å². The van der Waals surface area contributed by atoms with E-state index in [-0.39, 0.29) is 11.8 Å². The van der Waals surface area contributed by atoms with Gasteiger partial charge in [-0.25, -0.2) is 0 Å². The Morgan fingerprint density at radius 2 is 2.08 bits per heavy atom. The maximum absolute atomic E-state index is 9.49. The Kier molecular flexibility index (Phi) is 2.68. The zero-order valence-electron chi connectivity index (χ0n) is 6.94. The van der Waals surface area contributed by atoms with Gasteiger partial charge < -0.3 is 15.9 Å². The first-order valence-corrected chi connectivity index (χ1v) is 3.84. The summed E-state index contributed by atoms with van der Waals surface area (Å²) >= 11 is 0. The summed E-state index contributed by atoms with van der Waals surface area (Å²) in [5, 5.41) is 18.6. The summed E-state index contributed by atoms with van der Waals surface area (Å²) in [6, 6.07) is 6.14. The van der Waals surface area contributed by atoms with Gasteiger partial charge in [0.1, 0.15) is 5.75 Å². The number of aromatic hydroxyl groups is 1. The fraction of sp³-hybridized carbons (Fsp3) is 0.333. The van der Waals surface area contributed by atoms with Crippen LogP contribution in [0.25, 0.3) is 0 Å². The molecule has 0 fully saturated rings. The van der Waals surface area contributed by atoms with Gasteiger partial charge in [0.25, 0.3) is 0 Å². The van der Waals surface area contributed by atoms with Crippen molar-refractivity contribution in [2.24, 2.45) is 5.73 Å². The molecule has 0 unspecified atom stereocenters. The molecule has 2 atom stereocenters. The lowest BCUT2D eigenvalue weighted by Gasteiger charge is -2.14. The average molecular weight is 167 g/mol. The van der Waals surface area contributed by atoms with E-state index in [9.17, 15) is 5.11 Å². The first kappa shape index (κ1) is 9.03. The standard InChI is InChI=1S/C9H13NO2/c1-6(10)9(12)7-3-2-4-8(11)5-7/h2-6,9,11-12H,10H2,1H3/t6-,9+/m0/s1. The predicted molar refractivity (Wildman–Crippen MR) is 46.7 cm³/mol. The van der Waals surface area contributed by atoms with Crippen LogP contribution in [0.4, 0.5) is 0 Å². The van der Waals surface area contributed by atoms with E-state index in [4.69, 9.17) is 10.8 Å². The lowest BCUT2D eigenvalue weighted by Crippen LogP contribution is -2.24. The Morgan fingerprint density at radius 3 is 2.58 bits per heavy atom. The van der Waals surface area contributed by atoms with E-state index < -0.39 is 6.10 Å². The molecule has 0 saturated carbocycles. The fourth-order valence-electron chi connectivity index (χ4n) is 1.01. The SMILES string of the molecule is C[C@H](N)[C@@H](O)c1cccc(O)c1. The minimum atomic E-state index is -0.711. The van der Waals surface area contributed by atoms with Crippen LogP contribution >= 0.6 is 0 Å². The van der Waals surface area contributed by atoms with Crippen molar-refractivity contribution in [1.82, 2.24) is 0 Å². The number of hydrogen-bond donors (Lipinski definition) is 3. The molecule has 0 aliphatic rings. The lowest BCUT2D eigenvalue weighted by molar-refractivity contribution is 0.153. The zero-order chi connectivity index (χ0) is 9.14. The van der Waals surface area contributed by atoms with Gasteiger partial charge in [-0.3, -0.25) is 0 Å². The van der Waals surface area contributed by atoms with Crippen molar-refractivity contribution < 1.29 is 10.2 Å². The van der Waals surface area contributed by atoms with Crippen LogP contribution in [-0.4, -0.2) is 16.3 Å². The van der Waals surface area contributed by atoms with E-state index in [1.165, 1.54) is 6.07 Å². The summed E-state index contributed by atoms with van der Waals surface area (Å²) in [5.41, 5.74) is 6.13. The number of aliphatic hydroxyl groups excluding tert-OH is 1. The Morgan fingerprint density at radius 1 is 1.42 bits per heavy atom. The maximum atomic E-state index is 9.49. The number of phenolic OH excluding ortho intramolecular Hbond substituents is 1. The van der Waals surface area contributed by atoms with Crippen molar-refractivity contribution in [2.45, 2.75) is 19.1 Å². The molecule has 0 heterocycles. The van der Waals surface area contributed by atoms with Crippen molar-refractivity contribution in [2.75, 3.05) is 0 Å². The van der Waals surface area contributed by atoms with E-state index in [1.807, 2.05) is 0 Å². The van der Waals surface area contributed by atoms with E-state index >= 15 is 0 Å². The van der Waals surface area contributed by atoms with Crippen LogP contribution in [0.5, 0.6) is 5.75 Å². The molecule has 0 aliphatic heterocycles. The summed E-state index contributed by atoms with van der Waals surface area (Å²) < 4.78 is 0. The second-order valence-electron chi connectivity index (χ2n) is 2.90. The van der Waals surface area contributed by atoms with Gasteiger partial charge >= 0.3 is 0 Å². The van der Waals surface area contributed by atoms with E-state index in [0.29, 0.717) is 5.56 Å². The second-order valence-corrected chi connectivity index (χ2v) is 2.90. The minimum Gasteiger partial charge on any atom is -0.508 e. The van der Waals surface area contributed by atoms with Crippen LogP contribution < -0.4 is 5.73 Å². The monoisotopic (exact) mass is 167 g/mol. The molecule has 0 amide bonds. The van der Waals surface area contributed by atoms with Crippen LogP contribution in [0.3, 0.4) is 0 Å². The van der Waals surface area contributed by atoms with Gasteiger partial charge in [0.2, 0.25) is 0 Å². The molecule has 66 valence electrons. The molecule has 3 heteroatoms. The molecule has 0 aromatic heterocycles. The third-order valence-electron chi connectivity index (χ3n) is 1.71. The number of aliphatic hydroxyl groups is 1. The molecule has 1 aromatic rings. The number of benzene rings is 1. The summed E-state index contributed by atoms with van der Waals surface area (Å²) in [6.07, 6.45) is -0.711. The van der Waals surface area contributed by atoms with Gasteiger partial charge in [0.15, 0.2) is 0 Å². The van der Waals surface area contributed by atoms with Crippen LogP contribution in [0, 0.1) is 0 Å². The molecule has 0 aliphatic carbocycles. The Hall–Kier alpha value is -1.06. The maximum Gasteiger partial charge on any atom is 0.115 e. The molecule has 1 aromatic carbocycles.